The van der Waals surface area contributed by atoms with Gasteiger partial charge in [-0.15, -0.1) is 0 Å². The van der Waals surface area contributed by atoms with E-state index in [1.54, 1.807) is 0 Å². The summed E-state index contributed by atoms with van der Waals surface area (Å²) in [4.78, 5) is 6.71. The fourth-order valence-corrected chi connectivity index (χ4v) is 2.82. The Labute approximate surface area is 128 Å². The average molecular weight is 288 g/mol. The zero-order valence-corrected chi connectivity index (χ0v) is 13.1. The van der Waals surface area contributed by atoms with Crippen LogP contribution >= 0.6 is 0 Å². The molecule has 1 aliphatic carbocycles. The van der Waals surface area contributed by atoms with Gasteiger partial charge in [-0.2, -0.15) is 0 Å². The lowest BCUT2D eigenvalue weighted by atomic mass is 9.96. The van der Waals surface area contributed by atoms with Gasteiger partial charge in [0.25, 0.3) is 0 Å². The first-order valence-electron chi connectivity index (χ1n) is 8.03. The van der Waals surface area contributed by atoms with Crippen molar-refractivity contribution < 1.29 is 0 Å². The Bertz CT molecular complexity index is 424. The molecule has 4 nitrogen and oxygen atoms in total. The van der Waals surface area contributed by atoms with Crippen LogP contribution in [-0.4, -0.2) is 37.0 Å². The standard InChI is InChI=1S/C17H28N4/c1-21(14-15-8-4-2-5-9-15)13-12-19-17(18)20-16-10-6-3-7-11-16/h2,4-5,8-9,16H,3,6-7,10-14H2,1H3,(H3,18,19,20). The van der Waals surface area contributed by atoms with E-state index in [0.717, 1.165) is 19.6 Å². The number of hydrogen-bond acceptors (Lipinski definition) is 2. The molecule has 0 bridgehead atoms. The highest BCUT2D eigenvalue weighted by Crippen LogP contribution is 2.16. The topological polar surface area (TPSA) is 53.6 Å². The van der Waals surface area contributed by atoms with Crippen molar-refractivity contribution in [2.75, 3.05) is 20.1 Å². The van der Waals surface area contributed by atoms with Crippen molar-refractivity contribution in [3.8, 4) is 0 Å². The Hall–Kier alpha value is -1.55. The molecule has 1 aliphatic rings. The van der Waals surface area contributed by atoms with Crippen molar-refractivity contribution in [3.63, 3.8) is 0 Å². The van der Waals surface area contributed by atoms with Crippen LogP contribution in [0.15, 0.2) is 35.3 Å². The van der Waals surface area contributed by atoms with E-state index in [-0.39, 0.29) is 0 Å². The van der Waals surface area contributed by atoms with Gasteiger partial charge in [0.1, 0.15) is 0 Å². The summed E-state index contributed by atoms with van der Waals surface area (Å²) in [6, 6.07) is 11.0. The third-order valence-corrected chi connectivity index (χ3v) is 4.02. The second-order valence-electron chi connectivity index (χ2n) is 5.97. The maximum atomic E-state index is 5.96. The third kappa shape index (κ3) is 6.17. The van der Waals surface area contributed by atoms with E-state index in [1.807, 2.05) is 6.07 Å². The van der Waals surface area contributed by atoms with Crippen molar-refractivity contribution >= 4 is 5.96 Å². The molecule has 1 saturated carbocycles. The Kier molecular flexibility index (Phi) is 6.54. The zero-order chi connectivity index (χ0) is 14.9. The smallest absolute Gasteiger partial charge is 0.188 e. The molecule has 116 valence electrons. The predicted octanol–water partition coefficient (Wildman–Crippen LogP) is 2.36. The lowest BCUT2D eigenvalue weighted by Gasteiger charge is -2.23. The van der Waals surface area contributed by atoms with Crippen molar-refractivity contribution in [2.24, 2.45) is 10.7 Å². The molecule has 1 fully saturated rings. The quantitative estimate of drug-likeness (QED) is 0.624. The number of guanidine groups is 1. The Morgan fingerprint density at radius 2 is 1.95 bits per heavy atom. The van der Waals surface area contributed by atoms with Crippen LogP contribution in [-0.2, 0) is 6.54 Å². The van der Waals surface area contributed by atoms with Crippen molar-refractivity contribution in [1.82, 2.24) is 10.2 Å². The van der Waals surface area contributed by atoms with Gasteiger partial charge in [0.2, 0.25) is 0 Å². The molecule has 0 radical (unpaired) electrons. The second-order valence-corrected chi connectivity index (χ2v) is 5.97. The largest absolute Gasteiger partial charge is 0.370 e. The summed E-state index contributed by atoms with van der Waals surface area (Å²) in [5.41, 5.74) is 7.29. The van der Waals surface area contributed by atoms with Gasteiger partial charge in [-0.3, -0.25) is 4.99 Å². The minimum atomic E-state index is 0.532. The molecule has 0 amide bonds. The van der Waals surface area contributed by atoms with Crippen LogP contribution in [0.4, 0.5) is 0 Å². The zero-order valence-electron chi connectivity index (χ0n) is 13.1. The predicted molar refractivity (Wildman–Crippen MR) is 89.3 cm³/mol. The van der Waals surface area contributed by atoms with Crippen LogP contribution in [0.1, 0.15) is 37.7 Å². The van der Waals surface area contributed by atoms with Gasteiger partial charge < -0.3 is 16.0 Å². The molecular weight excluding hydrogens is 260 g/mol. The van der Waals surface area contributed by atoms with E-state index in [4.69, 9.17) is 5.73 Å². The van der Waals surface area contributed by atoms with Crippen LogP contribution in [0.3, 0.4) is 0 Å². The van der Waals surface area contributed by atoms with E-state index in [9.17, 15) is 0 Å². The number of nitrogens with one attached hydrogen (secondary N) is 1. The van der Waals surface area contributed by atoms with Crippen LogP contribution in [0.2, 0.25) is 0 Å². The lowest BCUT2D eigenvalue weighted by molar-refractivity contribution is 0.336. The maximum absolute atomic E-state index is 5.96. The molecule has 0 unspecified atom stereocenters. The molecule has 2 rings (SSSR count). The van der Waals surface area contributed by atoms with E-state index < -0.39 is 0 Å². The summed E-state index contributed by atoms with van der Waals surface area (Å²) >= 11 is 0. The monoisotopic (exact) mass is 288 g/mol. The number of nitrogens with two attached hydrogens (primary N) is 1. The lowest BCUT2D eigenvalue weighted by Crippen LogP contribution is -2.41. The average Bonchev–Trinajstić information content (AvgIpc) is 2.49. The molecule has 0 aliphatic heterocycles. The molecule has 0 aromatic heterocycles. The molecule has 0 atom stereocenters. The van der Waals surface area contributed by atoms with Gasteiger partial charge in [0.15, 0.2) is 5.96 Å². The molecule has 21 heavy (non-hydrogen) atoms. The minimum Gasteiger partial charge on any atom is -0.370 e. The summed E-state index contributed by atoms with van der Waals surface area (Å²) < 4.78 is 0. The molecular formula is C17H28N4. The molecule has 3 N–H and O–H groups in total. The van der Waals surface area contributed by atoms with E-state index in [2.05, 4.69) is 46.5 Å². The molecule has 1 aromatic carbocycles. The number of hydrogen-bond donors (Lipinski definition) is 2. The highest BCUT2D eigenvalue weighted by molar-refractivity contribution is 5.78. The highest BCUT2D eigenvalue weighted by Gasteiger charge is 2.13. The molecule has 4 heteroatoms. The van der Waals surface area contributed by atoms with Gasteiger partial charge >= 0.3 is 0 Å². The highest BCUT2D eigenvalue weighted by atomic mass is 15.1. The Balaban J connectivity index is 1.66. The SMILES string of the molecule is CN(CCN=C(N)NC1CCCCC1)Cc1ccccc1. The van der Waals surface area contributed by atoms with Crippen LogP contribution in [0.25, 0.3) is 0 Å². The minimum absolute atomic E-state index is 0.532. The van der Waals surface area contributed by atoms with E-state index in [1.165, 1.54) is 37.7 Å². The first-order valence-corrected chi connectivity index (χ1v) is 8.03. The van der Waals surface area contributed by atoms with Gasteiger partial charge in [0.05, 0.1) is 6.54 Å². The van der Waals surface area contributed by atoms with E-state index in [0.29, 0.717) is 12.0 Å². The van der Waals surface area contributed by atoms with Gasteiger partial charge in [-0.05, 0) is 25.5 Å². The first-order chi connectivity index (χ1) is 10.2. The number of likely N-dealkylation sites (N-methyl/N-ethyl adjacent to an activating group) is 1. The van der Waals surface area contributed by atoms with Crippen LogP contribution in [0.5, 0.6) is 0 Å². The summed E-state index contributed by atoms with van der Waals surface area (Å²) in [5, 5.41) is 3.35. The van der Waals surface area contributed by atoms with Crippen molar-refractivity contribution in [1.29, 1.82) is 0 Å². The Morgan fingerprint density at radius 3 is 2.67 bits per heavy atom. The first kappa shape index (κ1) is 15.8. The second kappa shape index (κ2) is 8.67. The summed E-state index contributed by atoms with van der Waals surface area (Å²) in [6.07, 6.45) is 6.43. The summed E-state index contributed by atoms with van der Waals surface area (Å²) in [6.45, 7) is 2.61. The molecule has 0 heterocycles. The van der Waals surface area contributed by atoms with E-state index >= 15 is 0 Å². The third-order valence-electron chi connectivity index (χ3n) is 4.02. The molecule has 0 spiro atoms. The van der Waals surface area contributed by atoms with Crippen LogP contribution < -0.4 is 11.1 Å². The Morgan fingerprint density at radius 1 is 1.24 bits per heavy atom. The normalized spacial score (nSPS) is 17.1. The molecule has 1 aromatic rings. The maximum Gasteiger partial charge on any atom is 0.188 e. The van der Waals surface area contributed by atoms with Crippen molar-refractivity contribution in [2.45, 2.75) is 44.7 Å². The number of benzene rings is 1. The van der Waals surface area contributed by atoms with Crippen LogP contribution in [0, 0.1) is 0 Å². The number of rotatable bonds is 6. The van der Waals surface area contributed by atoms with Gasteiger partial charge in [-0.25, -0.2) is 0 Å². The fraction of sp³-hybridized carbons (Fsp3) is 0.588. The number of nitrogens with zero attached hydrogens (tertiary/aromatic N) is 2. The van der Waals surface area contributed by atoms with Crippen molar-refractivity contribution in [3.05, 3.63) is 35.9 Å². The van der Waals surface area contributed by atoms with Gasteiger partial charge in [0, 0.05) is 19.1 Å². The van der Waals surface area contributed by atoms with Gasteiger partial charge in [-0.1, -0.05) is 49.6 Å². The fourth-order valence-electron chi connectivity index (χ4n) is 2.82. The molecule has 0 saturated heterocycles. The summed E-state index contributed by atoms with van der Waals surface area (Å²) in [5.74, 6) is 0.606. The number of aliphatic imine (C=N–C) groups is 1. The summed E-state index contributed by atoms with van der Waals surface area (Å²) in [7, 11) is 2.12.